The van der Waals surface area contributed by atoms with Gasteiger partial charge in [-0.1, -0.05) is 18.6 Å². The molecule has 2 aliphatic rings. The van der Waals surface area contributed by atoms with Crippen LogP contribution in [-0.2, 0) is 6.18 Å². The maximum absolute atomic E-state index is 13.2. The first-order chi connectivity index (χ1) is 13.5. The summed E-state index contributed by atoms with van der Waals surface area (Å²) in [5.41, 5.74) is 0.673. The van der Waals surface area contributed by atoms with E-state index in [-0.39, 0.29) is 0 Å². The average molecular weight is 390 g/mol. The lowest BCUT2D eigenvalue weighted by Crippen LogP contribution is -2.31. The largest absolute Gasteiger partial charge is 0.453 e. The normalized spacial score (nSPS) is 17.0. The Hall–Kier alpha value is -2.21. The van der Waals surface area contributed by atoms with Crippen LogP contribution in [0.1, 0.15) is 37.7 Å². The summed E-state index contributed by atoms with van der Waals surface area (Å²) < 4.78 is 45.5. The molecule has 0 aliphatic carbocycles. The van der Waals surface area contributed by atoms with Crippen molar-refractivity contribution in [1.82, 2.24) is 4.90 Å². The van der Waals surface area contributed by atoms with E-state index in [0.29, 0.717) is 23.7 Å². The van der Waals surface area contributed by atoms with Crippen LogP contribution in [0.4, 0.5) is 24.5 Å². The maximum Gasteiger partial charge on any atom is 0.416 e. The number of unbranched alkanes of at least 4 members (excludes halogenated alkanes) is 1. The monoisotopic (exact) mass is 390 g/mol. The zero-order chi connectivity index (χ0) is 19.6. The maximum atomic E-state index is 13.2. The van der Waals surface area contributed by atoms with Gasteiger partial charge < -0.3 is 14.5 Å². The number of para-hydroxylation sites is 2. The van der Waals surface area contributed by atoms with Gasteiger partial charge in [-0.2, -0.15) is 13.2 Å². The fourth-order valence-electron chi connectivity index (χ4n) is 4.03. The highest BCUT2D eigenvalue weighted by Crippen LogP contribution is 2.48. The summed E-state index contributed by atoms with van der Waals surface area (Å²) in [5.74, 6) is 1.16. The van der Waals surface area contributed by atoms with Crippen LogP contribution in [0.25, 0.3) is 0 Å². The number of ether oxygens (including phenoxy) is 1. The van der Waals surface area contributed by atoms with Crippen molar-refractivity contribution < 1.29 is 17.9 Å². The molecule has 2 aromatic rings. The second-order valence-corrected chi connectivity index (χ2v) is 7.51. The van der Waals surface area contributed by atoms with E-state index < -0.39 is 11.7 Å². The smallest absolute Gasteiger partial charge is 0.416 e. The Balaban J connectivity index is 1.51. The molecule has 28 heavy (non-hydrogen) atoms. The Kier molecular flexibility index (Phi) is 5.49. The first kappa shape index (κ1) is 19.1. The van der Waals surface area contributed by atoms with Gasteiger partial charge in [-0.3, -0.25) is 0 Å². The zero-order valence-electron chi connectivity index (χ0n) is 15.8. The Morgan fingerprint density at radius 3 is 2.32 bits per heavy atom. The number of hydrogen-bond donors (Lipinski definition) is 0. The van der Waals surface area contributed by atoms with Gasteiger partial charge in [0.25, 0.3) is 0 Å². The molecular weight excluding hydrogens is 365 g/mol. The number of piperidine rings is 1. The van der Waals surface area contributed by atoms with E-state index in [1.54, 1.807) is 0 Å². The molecule has 0 spiro atoms. The second kappa shape index (κ2) is 8.03. The van der Waals surface area contributed by atoms with E-state index in [2.05, 4.69) is 4.90 Å². The Bertz CT molecular complexity index is 816. The minimum absolute atomic E-state index is 0.475. The standard InChI is InChI=1S/C22H25F3N2O/c23-22(24,25)17-10-11-21-19(16-17)27(18-8-2-3-9-20(18)28-21)15-7-6-14-26-12-4-1-5-13-26/h2-3,8-11,16H,1,4-7,12-15H2. The van der Waals surface area contributed by atoms with Crippen molar-refractivity contribution >= 4 is 11.4 Å². The molecule has 0 unspecified atom stereocenters. The van der Waals surface area contributed by atoms with Crippen LogP contribution in [0, 0.1) is 0 Å². The second-order valence-electron chi connectivity index (χ2n) is 7.51. The Morgan fingerprint density at radius 2 is 1.54 bits per heavy atom. The van der Waals surface area contributed by atoms with Crippen molar-refractivity contribution in [2.75, 3.05) is 31.1 Å². The molecule has 2 heterocycles. The van der Waals surface area contributed by atoms with E-state index in [1.807, 2.05) is 29.2 Å². The quantitative estimate of drug-likeness (QED) is 0.564. The topological polar surface area (TPSA) is 15.7 Å². The molecule has 0 N–H and O–H groups in total. The zero-order valence-corrected chi connectivity index (χ0v) is 15.8. The number of nitrogens with zero attached hydrogens (tertiary/aromatic N) is 2. The van der Waals surface area contributed by atoms with Gasteiger partial charge in [-0.05, 0) is 75.6 Å². The van der Waals surface area contributed by atoms with Crippen LogP contribution in [0.3, 0.4) is 0 Å². The highest BCUT2D eigenvalue weighted by Gasteiger charge is 2.33. The number of halogens is 3. The highest BCUT2D eigenvalue weighted by molar-refractivity contribution is 5.78. The van der Waals surface area contributed by atoms with Crippen LogP contribution < -0.4 is 9.64 Å². The van der Waals surface area contributed by atoms with Crippen LogP contribution in [0.15, 0.2) is 42.5 Å². The lowest BCUT2D eigenvalue weighted by molar-refractivity contribution is -0.137. The molecule has 1 fully saturated rings. The minimum atomic E-state index is -4.37. The lowest BCUT2D eigenvalue weighted by Gasteiger charge is -2.33. The van der Waals surface area contributed by atoms with E-state index in [1.165, 1.54) is 31.4 Å². The molecule has 3 nitrogen and oxygen atoms in total. The van der Waals surface area contributed by atoms with E-state index in [9.17, 15) is 13.2 Å². The molecule has 0 aromatic heterocycles. The predicted octanol–water partition coefficient (Wildman–Crippen LogP) is 6.22. The summed E-state index contributed by atoms with van der Waals surface area (Å²) in [6.07, 6.45) is 1.44. The highest BCUT2D eigenvalue weighted by atomic mass is 19.4. The number of anilines is 2. The van der Waals surface area contributed by atoms with Crippen molar-refractivity contribution in [2.24, 2.45) is 0 Å². The van der Waals surface area contributed by atoms with Gasteiger partial charge in [-0.15, -0.1) is 0 Å². The molecule has 0 radical (unpaired) electrons. The molecule has 0 amide bonds. The Labute approximate surface area is 163 Å². The Morgan fingerprint density at radius 1 is 0.821 bits per heavy atom. The van der Waals surface area contributed by atoms with Gasteiger partial charge in [0.2, 0.25) is 0 Å². The lowest BCUT2D eigenvalue weighted by atomic mass is 10.1. The van der Waals surface area contributed by atoms with Gasteiger partial charge in [0.05, 0.1) is 16.9 Å². The van der Waals surface area contributed by atoms with Crippen molar-refractivity contribution in [3.8, 4) is 11.5 Å². The molecule has 150 valence electrons. The molecular formula is C22H25F3N2O. The average Bonchev–Trinajstić information content (AvgIpc) is 2.70. The van der Waals surface area contributed by atoms with Gasteiger partial charge in [0, 0.05) is 6.54 Å². The first-order valence-corrected chi connectivity index (χ1v) is 10.0. The summed E-state index contributed by atoms with van der Waals surface area (Å²) in [6, 6.07) is 11.2. The van der Waals surface area contributed by atoms with Gasteiger partial charge in [0.15, 0.2) is 11.5 Å². The number of hydrogen-bond acceptors (Lipinski definition) is 3. The number of fused-ring (bicyclic) bond motifs is 2. The minimum Gasteiger partial charge on any atom is -0.453 e. The van der Waals surface area contributed by atoms with Crippen LogP contribution >= 0.6 is 0 Å². The van der Waals surface area contributed by atoms with Gasteiger partial charge >= 0.3 is 6.18 Å². The molecule has 6 heteroatoms. The molecule has 0 atom stereocenters. The number of alkyl halides is 3. The van der Waals surface area contributed by atoms with Crippen molar-refractivity contribution in [3.05, 3.63) is 48.0 Å². The predicted molar refractivity (Wildman–Crippen MR) is 104 cm³/mol. The SMILES string of the molecule is FC(F)(F)c1ccc2c(c1)N(CCCCN1CCCCC1)c1ccccc1O2. The summed E-state index contributed by atoms with van der Waals surface area (Å²) in [6.45, 7) is 4.06. The van der Waals surface area contributed by atoms with Crippen LogP contribution in [-0.4, -0.2) is 31.1 Å². The van der Waals surface area contributed by atoms with Crippen molar-refractivity contribution in [2.45, 2.75) is 38.3 Å². The van der Waals surface area contributed by atoms with Gasteiger partial charge in [0.1, 0.15) is 0 Å². The van der Waals surface area contributed by atoms with E-state index in [0.717, 1.165) is 44.2 Å². The van der Waals surface area contributed by atoms with Crippen molar-refractivity contribution in [1.29, 1.82) is 0 Å². The van der Waals surface area contributed by atoms with Crippen LogP contribution in [0.5, 0.6) is 11.5 Å². The molecule has 2 aromatic carbocycles. The first-order valence-electron chi connectivity index (χ1n) is 10.0. The van der Waals surface area contributed by atoms with E-state index in [4.69, 9.17) is 4.74 Å². The molecule has 1 saturated heterocycles. The number of benzene rings is 2. The number of likely N-dealkylation sites (tertiary alicyclic amines) is 1. The summed E-state index contributed by atoms with van der Waals surface area (Å²) in [4.78, 5) is 4.46. The van der Waals surface area contributed by atoms with Gasteiger partial charge in [-0.25, -0.2) is 0 Å². The summed E-state index contributed by atoms with van der Waals surface area (Å²) >= 11 is 0. The summed E-state index contributed by atoms with van der Waals surface area (Å²) in [7, 11) is 0. The molecule has 4 rings (SSSR count). The van der Waals surface area contributed by atoms with Crippen molar-refractivity contribution in [3.63, 3.8) is 0 Å². The third-order valence-electron chi connectivity index (χ3n) is 5.51. The third-order valence-corrected chi connectivity index (χ3v) is 5.51. The molecule has 0 saturated carbocycles. The summed E-state index contributed by atoms with van der Waals surface area (Å²) in [5, 5.41) is 0. The number of rotatable bonds is 5. The molecule has 2 aliphatic heterocycles. The fraction of sp³-hybridized carbons (Fsp3) is 0.455. The fourth-order valence-corrected chi connectivity index (χ4v) is 4.03. The third kappa shape index (κ3) is 4.12. The molecule has 0 bridgehead atoms. The van der Waals surface area contributed by atoms with Crippen LogP contribution in [0.2, 0.25) is 0 Å². The van der Waals surface area contributed by atoms with E-state index >= 15 is 0 Å².